The molecule has 1 saturated heterocycles. The molecular weight excluding hydrogens is 640 g/mol. The van der Waals surface area contributed by atoms with Gasteiger partial charge in [0.15, 0.2) is 0 Å². The summed E-state index contributed by atoms with van der Waals surface area (Å²) in [5.74, 6) is -2.70. The lowest BCUT2D eigenvalue weighted by Crippen LogP contribution is -2.58. The highest BCUT2D eigenvalue weighted by Crippen LogP contribution is 2.46. The van der Waals surface area contributed by atoms with Crippen LogP contribution < -0.4 is 15.4 Å². The number of rotatable bonds is 7. The van der Waals surface area contributed by atoms with Gasteiger partial charge in [0.25, 0.3) is 22.4 Å². The lowest BCUT2D eigenvalue weighted by Gasteiger charge is -2.30. The van der Waals surface area contributed by atoms with Crippen molar-refractivity contribution in [2.75, 3.05) is 13.2 Å². The Morgan fingerprint density at radius 1 is 1.15 bits per heavy atom. The number of fused-ring (bicyclic) bond motifs is 2. The van der Waals surface area contributed by atoms with E-state index >= 15 is 0 Å². The molecule has 2 aliphatic heterocycles. The number of amides is 4. The highest BCUT2D eigenvalue weighted by Gasteiger charge is 2.61. The van der Waals surface area contributed by atoms with Crippen LogP contribution in [0.3, 0.4) is 0 Å². The van der Waals surface area contributed by atoms with Crippen LogP contribution in [0.5, 0.6) is 0 Å². The Morgan fingerprint density at radius 2 is 1.87 bits per heavy atom. The monoisotopic (exact) mass is 680 g/mol. The molecule has 13 nitrogen and oxygen atoms in total. The van der Waals surface area contributed by atoms with Gasteiger partial charge in [-0.25, -0.2) is 17.9 Å². The van der Waals surface area contributed by atoms with Crippen molar-refractivity contribution in [3.63, 3.8) is 0 Å². The van der Waals surface area contributed by atoms with Crippen molar-refractivity contribution < 1.29 is 41.9 Å². The van der Waals surface area contributed by atoms with E-state index in [1.807, 2.05) is 26.8 Å². The first kappa shape index (κ1) is 35.2. The largest absolute Gasteiger partial charge is 0.463 e. The van der Waals surface area contributed by atoms with Crippen molar-refractivity contribution in [1.82, 2.24) is 20.3 Å². The van der Waals surface area contributed by atoms with Crippen LogP contribution in [0.1, 0.15) is 65.7 Å². The first-order valence-electron chi connectivity index (χ1n) is 15.3. The Kier molecular flexibility index (Phi) is 11.0. The van der Waals surface area contributed by atoms with Crippen LogP contribution in [0.4, 0.5) is 4.79 Å². The topological polar surface area (TPSA) is 177 Å². The van der Waals surface area contributed by atoms with Crippen molar-refractivity contribution in [2.45, 2.75) is 94.3 Å². The average molecular weight is 681 g/mol. The highest BCUT2D eigenvalue weighted by atomic mass is 35.5. The van der Waals surface area contributed by atoms with E-state index in [2.05, 4.69) is 15.4 Å². The van der Waals surface area contributed by atoms with Crippen molar-refractivity contribution in [3.8, 4) is 0 Å². The minimum absolute atomic E-state index is 0.0568. The summed E-state index contributed by atoms with van der Waals surface area (Å²) in [7, 11) is -4.30. The maximum absolute atomic E-state index is 13.9. The summed E-state index contributed by atoms with van der Waals surface area (Å²) in [6.45, 7) is 5.93. The molecular formula is C31H41ClN4O9S. The summed E-state index contributed by atoms with van der Waals surface area (Å²) >= 11 is 5.88. The van der Waals surface area contributed by atoms with E-state index in [1.54, 1.807) is 6.08 Å². The molecule has 2 fully saturated rings. The zero-order valence-electron chi connectivity index (χ0n) is 26.1. The van der Waals surface area contributed by atoms with Crippen LogP contribution in [0.25, 0.3) is 0 Å². The molecule has 0 spiro atoms. The van der Waals surface area contributed by atoms with Gasteiger partial charge in [0.2, 0.25) is 11.8 Å². The zero-order chi connectivity index (χ0) is 33.7. The minimum Gasteiger partial charge on any atom is -0.463 e. The number of nitrogens with one attached hydrogen (secondary N) is 3. The third kappa shape index (κ3) is 8.78. The number of ether oxygens (including phenoxy) is 2. The number of hydrogen-bond acceptors (Lipinski definition) is 9. The lowest BCUT2D eigenvalue weighted by atomic mass is 9.99. The number of nitrogens with zero attached hydrogens (tertiary/aromatic N) is 1. The summed E-state index contributed by atoms with van der Waals surface area (Å²) in [6.07, 6.45) is 5.22. The van der Waals surface area contributed by atoms with Crippen molar-refractivity contribution in [1.29, 1.82) is 0 Å². The molecule has 46 heavy (non-hydrogen) atoms. The Balaban J connectivity index is 1.60. The Hall–Kier alpha value is -3.65. The maximum atomic E-state index is 13.9. The molecule has 1 aliphatic carbocycles. The van der Waals surface area contributed by atoms with Crippen LogP contribution in [0.15, 0.2) is 41.3 Å². The van der Waals surface area contributed by atoms with E-state index in [0.717, 1.165) is 12.8 Å². The molecule has 1 saturated carbocycles. The summed E-state index contributed by atoms with van der Waals surface area (Å²) in [4.78, 5) is 66.3. The van der Waals surface area contributed by atoms with Crippen LogP contribution in [-0.4, -0.2) is 80.5 Å². The van der Waals surface area contributed by atoms with E-state index in [1.165, 1.54) is 29.2 Å². The SMILES string of the molecule is CC(C)(C)COC(=O)N[C@H]1CCCCC/C=C\[C@@H]2C[C@@]2(C(=O)NS(=O)(=O)c2ccc(Cl)cc2)NC(=O)[C@@H]2C[C@@H](OC=O)CN2C1=O. The van der Waals surface area contributed by atoms with E-state index in [-0.39, 0.29) is 49.2 Å². The van der Waals surface area contributed by atoms with Gasteiger partial charge in [-0.05, 0) is 55.4 Å². The van der Waals surface area contributed by atoms with Crippen LogP contribution in [-0.2, 0) is 38.7 Å². The second-order valence-corrected chi connectivity index (χ2v) is 15.3. The van der Waals surface area contributed by atoms with Gasteiger partial charge in [-0.2, -0.15) is 0 Å². The smallest absolute Gasteiger partial charge is 0.407 e. The summed E-state index contributed by atoms with van der Waals surface area (Å²) in [5.41, 5.74) is -1.90. The zero-order valence-corrected chi connectivity index (χ0v) is 27.7. The molecule has 2 heterocycles. The maximum Gasteiger partial charge on any atom is 0.407 e. The third-order valence-corrected chi connectivity index (χ3v) is 9.77. The normalized spacial score (nSPS) is 27.9. The number of alkyl carbamates (subject to hydrolysis) is 1. The van der Waals surface area contributed by atoms with Gasteiger partial charge in [-0.3, -0.25) is 19.2 Å². The Labute approximate surface area is 273 Å². The van der Waals surface area contributed by atoms with Gasteiger partial charge < -0.3 is 25.0 Å². The van der Waals surface area contributed by atoms with E-state index in [9.17, 15) is 32.4 Å². The first-order chi connectivity index (χ1) is 21.6. The van der Waals surface area contributed by atoms with Crippen molar-refractivity contribution in [3.05, 3.63) is 41.4 Å². The first-order valence-corrected chi connectivity index (χ1v) is 17.2. The molecule has 0 radical (unpaired) electrons. The quantitative estimate of drug-likeness (QED) is 0.289. The van der Waals surface area contributed by atoms with Crippen LogP contribution in [0, 0.1) is 11.3 Å². The van der Waals surface area contributed by atoms with Crippen LogP contribution >= 0.6 is 11.6 Å². The van der Waals surface area contributed by atoms with Gasteiger partial charge in [0.1, 0.15) is 23.7 Å². The molecule has 4 rings (SSSR count). The molecule has 15 heteroatoms. The second-order valence-electron chi connectivity index (χ2n) is 13.2. The number of sulfonamides is 1. The molecule has 252 valence electrons. The third-order valence-electron chi connectivity index (χ3n) is 8.17. The number of allylic oxidation sites excluding steroid dienone is 1. The summed E-state index contributed by atoms with van der Waals surface area (Å²) in [5, 5.41) is 5.69. The molecule has 0 bridgehead atoms. The standard InChI is InChI=1S/C31H41ClN4O9S/c1-30(2,3)18-44-29(41)33-24-10-8-6-4-5-7-9-20-16-31(20,28(40)35-46(42,43)23-13-11-21(32)12-14-23)34-26(38)25-15-22(45-19-37)17-36(25)27(24)39/h7,9,11-14,19-20,22,24-25H,4-6,8,10,15-18H2,1-3H3,(H,33,41)(H,34,38)(H,35,40)/b9-7-/t20-,22-,24+,25+,31-/m1/s1. The minimum atomic E-state index is -4.30. The lowest BCUT2D eigenvalue weighted by molar-refractivity contribution is -0.141. The second kappa shape index (κ2) is 14.4. The fourth-order valence-corrected chi connectivity index (χ4v) is 6.77. The van der Waals surface area contributed by atoms with Gasteiger partial charge in [0.05, 0.1) is 18.0 Å². The van der Waals surface area contributed by atoms with Crippen LogP contribution in [0.2, 0.25) is 5.02 Å². The van der Waals surface area contributed by atoms with E-state index < -0.39 is 63.5 Å². The molecule has 1 aromatic rings. The van der Waals surface area contributed by atoms with Crippen molar-refractivity contribution in [2.24, 2.45) is 11.3 Å². The predicted octanol–water partition coefficient (Wildman–Crippen LogP) is 2.82. The molecule has 0 aromatic heterocycles. The number of carbonyl (C=O) groups excluding carboxylic acids is 5. The van der Waals surface area contributed by atoms with E-state index in [0.29, 0.717) is 17.9 Å². The molecule has 4 amide bonds. The van der Waals surface area contributed by atoms with Crippen molar-refractivity contribution >= 4 is 51.9 Å². The number of hydrogen-bond donors (Lipinski definition) is 3. The number of halogens is 1. The number of benzene rings is 1. The number of carbonyl (C=O) groups is 5. The fraction of sp³-hybridized carbons (Fsp3) is 0.581. The van der Waals surface area contributed by atoms with Gasteiger partial charge in [-0.1, -0.05) is 57.4 Å². The average Bonchev–Trinajstić information content (AvgIpc) is 3.51. The highest BCUT2D eigenvalue weighted by molar-refractivity contribution is 7.90. The van der Waals surface area contributed by atoms with E-state index in [4.69, 9.17) is 21.1 Å². The molecule has 5 atom stereocenters. The van der Waals surface area contributed by atoms with Gasteiger partial charge >= 0.3 is 6.09 Å². The Morgan fingerprint density at radius 3 is 2.54 bits per heavy atom. The molecule has 1 aromatic carbocycles. The Bertz CT molecular complexity index is 1460. The summed E-state index contributed by atoms with van der Waals surface area (Å²) in [6, 6.07) is 3.09. The van der Waals surface area contributed by atoms with Gasteiger partial charge in [0, 0.05) is 17.4 Å². The molecule has 3 N–H and O–H groups in total. The fourth-order valence-electron chi connectivity index (χ4n) is 5.61. The molecule has 3 aliphatic rings. The summed E-state index contributed by atoms with van der Waals surface area (Å²) < 4.78 is 38.6. The molecule has 0 unspecified atom stereocenters. The predicted molar refractivity (Wildman–Crippen MR) is 167 cm³/mol. The van der Waals surface area contributed by atoms with Gasteiger partial charge in [-0.15, -0.1) is 0 Å².